The van der Waals surface area contributed by atoms with Gasteiger partial charge in [0, 0.05) is 32.8 Å². The molecular formula is C53H39N3O. The molecule has 0 atom stereocenters. The molecule has 0 unspecified atom stereocenters. The summed E-state index contributed by atoms with van der Waals surface area (Å²) in [6.45, 7) is 9.50. The average Bonchev–Trinajstić information content (AvgIpc) is 3.64. The van der Waals surface area contributed by atoms with Crippen molar-refractivity contribution in [2.75, 3.05) is 0 Å². The summed E-state index contributed by atoms with van der Waals surface area (Å²) in [5.74, 6) is 1.83. The molecule has 0 saturated heterocycles. The van der Waals surface area contributed by atoms with Gasteiger partial charge in [0.25, 0.3) is 0 Å². The van der Waals surface area contributed by atoms with Gasteiger partial charge in [-0.1, -0.05) is 173 Å². The van der Waals surface area contributed by atoms with Crippen molar-refractivity contribution in [3.8, 4) is 56.4 Å². The van der Waals surface area contributed by atoms with Crippen LogP contribution in [0.2, 0.25) is 0 Å². The van der Waals surface area contributed by atoms with E-state index in [4.69, 9.17) is 19.4 Å². The first kappa shape index (κ1) is 33.4. The standard InChI is InChI=1S/C53H39N3O/c1-52(2)43-24-14-12-21-37(43)41-30-34(27-29-44(41)53(52,3)4)35-19-10-11-22-39(35)50-54-49(33-17-6-5-7-18-33)55-51(56-50)42-31-46-48(40-23-13-15-25-45(40)57-46)47-36-20-9-8-16-32(36)26-28-38(42)47/h5-31H,1-4H3. The van der Waals surface area contributed by atoms with Gasteiger partial charge < -0.3 is 4.42 Å². The second kappa shape index (κ2) is 12.3. The molecule has 0 spiro atoms. The minimum absolute atomic E-state index is 0.0347. The van der Waals surface area contributed by atoms with Crippen LogP contribution in [0.1, 0.15) is 38.8 Å². The third kappa shape index (κ3) is 4.96. The van der Waals surface area contributed by atoms with Crippen LogP contribution in [0.15, 0.2) is 168 Å². The van der Waals surface area contributed by atoms with Gasteiger partial charge in [0.05, 0.1) is 0 Å². The van der Waals surface area contributed by atoms with Crippen LogP contribution in [0.4, 0.5) is 0 Å². The number of aromatic nitrogens is 3. The molecule has 0 amide bonds. The Morgan fingerprint density at radius 3 is 1.79 bits per heavy atom. The molecule has 11 rings (SSSR count). The lowest BCUT2D eigenvalue weighted by Gasteiger charge is -2.48. The molecule has 1 aliphatic rings. The molecule has 0 aliphatic heterocycles. The molecule has 4 heteroatoms. The largest absolute Gasteiger partial charge is 0.456 e. The minimum Gasteiger partial charge on any atom is -0.456 e. The van der Waals surface area contributed by atoms with Crippen LogP contribution in [0, 0.1) is 0 Å². The molecule has 4 nitrogen and oxygen atoms in total. The van der Waals surface area contributed by atoms with Crippen molar-refractivity contribution in [2.24, 2.45) is 0 Å². The monoisotopic (exact) mass is 733 g/mol. The number of nitrogens with zero attached hydrogens (tertiary/aromatic N) is 3. The number of para-hydroxylation sites is 1. The summed E-state index contributed by atoms with van der Waals surface area (Å²) < 4.78 is 6.61. The summed E-state index contributed by atoms with van der Waals surface area (Å²) in [6, 6.07) is 58.0. The zero-order valence-corrected chi connectivity index (χ0v) is 32.3. The number of hydrogen-bond donors (Lipinski definition) is 0. The number of hydrogen-bond acceptors (Lipinski definition) is 4. The molecule has 8 aromatic carbocycles. The van der Waals surface area contributed by atoms with E-state index in [9.17, 15) is 0 Å². The summed E-state index contributed by atoms with van der Waals surface area (Å²) in [5, 5.41) is 6.73. The number of benzene rings is 8. The van der Waals surface area contributed by atoms with Crippen LogP contribution < -0.4 is 0 Å². The highest BCUT2D eigenvalue weighted by Crippen LogP contribution is 2.54. The first-order chi connectivity index (χ1) is 27.8. The second-order valence-electron chi connectivity index (χ2n) is 16.4. The second-order valence-corrected chi connectivity index (χ2v) is 16.4. The molecule has 2 heterocycles. The quantitative estimate of drug-likeness (QED) is 0.169. The van der Waals surface area contributed by atoms with Gasteiger partial charge in [-0.15, -0.1) is 0 Å². The molecule has 0 fully saturated rings. The first-order valence-corrected chi connectivity index (χ1v) is 19.7. The van der Waals surface area contributed by atoms with Crippen LogP contribution in [-0.2, 0) is 10.8 Å². The van der Waals surface area contributed by atoms with Crippen LogP contribution >= 0.6 is 0 Å². The van der Waals surface area contributed by atoms with E-state index < -0.39 is 0 Å². The fraction of sp³-hybridized carbons (Fsp3) is 0.113. The van der Waals surface area contributed by atoms with Gasteiger partial charge in [0.1, 0.15) is 11.2 Å². The third-order valence-electron chi connectivity index (χ3n) is 12.9. The highest BCUT2D eigenvalue weighted by molar-refractivity contribution is 6.29. The fourth-order valence-electron chi connectivity index (χ4n) is 9.26. The molecule has 10 aromatic rings. The van der Waals surface area contributed by atoms with Gasteiger partial charge in [-0.25, -0.2) is 15.0 Å². The van der Waals surface area contributed by atoms with E-state index in [-0.39, 0.29) is 10.8 Å². The maximum atomic E-state index is 6.61. The Morgan fingerprint density at radius 2 is 0.982 bits per heavy atom. The Labute approximate surface area is 331 Å². The Hall–Kier alpha value is -6.91. The van der Waals surface area contributed by atoms with Crippen LogP contribution in [0.25, 0.3) is 99.9 Å². The summed E-state index contributed by atoms with van der Waals surface area (Å²) in [6.07, 6.45) is 0. The first-order valence-electron chi connectivity index (χ1n) is 19.7. The van der Waals surface area contributed by atoms with Crippen molar-refractivity contribution in [1.29, 1.82) is 0 Å². The van der Waals surface area contributed by atoms with E-state index in [0.29, 0.717) is 17.5 Å². The van der Waals surface area contributed by atoms with Crippen molar-refractivity contribution in [1.82, 2.24) is 15.0 Å². The molecule has 1 aliphatic carbocycles. The highest BCUT2D eigenvalue weighted by atomic mass is 16.3. The van der Waals surface area contributed by atoms with Crippen molar-refractivity contribution in [3.05, 3.63) is 175 Å². The van der Waals surface area contributed by atoms with Gasteiger partial charge >= 0.3 is 0 Å². The van der Waals surface area contributed by atoms with Crippen LogP contribution in [-0.4, -0.2) is 15.0 Å². The third-order valence-corrected chi connectivity index (χ3v) is 12.9. The number of fused-ring (bicyclic) bond motifs is 10. The van der Waals surface area contributed by atoms with Gasteiger partial charge in [-0.3, -0.25) is 0 Å². The smallest absolute Gasteiger partial charge is 0.164 e. The fourth-order valence-corrected chi connectivity index (χ4v) is 9.26. The Morgan fingerprint density at radius 1 is 0.368 bits per heavy atom. The molecular weight excluding hydrogens is 695 g/mol. The van der Waals surface area contributed by atoms with Gasteiger partial charge in [-0.2, -0.15) is 0 Å². The van der Waals surface area contributed by atoms with Gasteiger partial charge in [0.15, 0.2) is 17.5 Å². The van der Waals surface area contributed by atoms with E-state index >= 15 is 0 Å². The number of furan rings is 1. The van der Waals surface area contributed by atoms with E-state index in [1.165, 1.54) is 27.6 Å². The van der Waals surface area contributed by atoms with Crippen molar-refractivity contribution >= 4 is 43.5 Å². The van der Waals surface area contributed by atoms with E-state index in [1.807, 2.05) is 30.3 Å². The van der Waals surface area contributed by atoms with Crippen molar-refractivity contribution in [3.63, 3.8) is 0 Å². The Bertz CT molecular complexity index is 3250. The van der Waals surface area contributed by atoms with Gasteiger partial charge in [0.2, 0.25) is 0 Å². The summed E-state index contributed by atoms with van der Waals surface area (Å²) in [4.78, 5) is 15.9. The zero-order valence-electron chi connectivity index (χ0n) is 32.3. The summed E-state index contributed by atoms with van der Waals surface area (Å²) in [5.41, 5.74) is 11.8. The predicted octanol–water partition coefficient (Wildman–Crippen LogP) is 14.0. The van der Waals surface area contributed by atoms with E-state index in [2.05, 4.69) is 161 Å². The molecule has 0 bridgehead atoms. The van der Waals surface area contributed by atoms with E-state index in [0.717, 1.165) is 65.9 Å². The lowest BCUT2D eigenvalue weighted by molar-refractivity contribution is 0.299. The van der Waals surface area contributed by atoms with Gasteiger partial charge in [-0.05, 0) is 78.6 Å². The maximum absolute atomic E-state index is 6.61. The normalized spacial score (nSPS) is 14.2. The Kier molecular flexibility index (Phi) is 7.21. The Balaban J connectivity index is 1.17. The molecule has 0 N–H and O–H groups in total. The molecule has 272 valence electrons. The predicted molar refractivity (Wildman–Crippen MR) is 235 cm³/mol. The zero-order chi connectivity index (χ0) is 38.5. The van der Waals surface area contributed by atoms with Crippen LogP contribution in [0.3, 0.4) is 0 Å². The van der Waals surface area contributed by atoms with Crippen molar-refractivity contribution < 1.29 is 4.42 Å². The molecule has 2 aromatic heterocycles. The summed E-state index contributed by atoms with van der Waals surface area (Å²) >= 11 is 0. The molecule has 0 radical (unpaired) electrons. The molecule has 0 saturated carbocycles. The lowest BCUT2D eigenvalue weighted by Crippen LogP contribution is -2.43. The molecule has 57 heavy (non-hydrogen) atoms. The maximum Gasteiger partial charge on any atom is 0.164 e. The lowest BCUT2D eigenvalue weighted by atomic mass is 9.55. The highest BCUT2D eigenvalue weighted by Gasteiger charge is 2.45. The average molecular weight is 734 g/mol. The topological polar surface area (TPSA) is 51.8 Å². The van der Waals surface area contributed by atoms with Crippen LogP contribution in [0.5, 0.6) is 0 Å². The minimum atomic E-state index is -0.0720. The summed E-state index contributed by atoms with van der Waals surface area (Å²) in [7, 11) is 0. The van der Waals surface area contributed by atoms with E-state index in [1.54, 1.807) is 0 Å². The SMILES string of the molecule is CC1(C)c2ccccc2-c2cc(-c3ccccc3-c3nc(-c4ccccc4)nc(-c4cc5oc6ccccc6c5c5c4ccc4ccccc45)n3)ccc2C1(C)C. The van der Waals surface area contributed by atoms with Crippen molar-refractivity contribution in [2.45, 2.75) is 38.5 Å². The number of rotatable bonds is 4.